The number of guanidine groups is 2. The Labute approximate surface area is 219 Å². The van der Waals surface area contributed by atoms with Gasteiger partial charge in [-0.25, -0.2) is 9.97 Å². The van der Waals surface area contributed by atoms with Crippen LogP contribution in [0.15, 0.2) is 36.4 Å². The standard InChI is InChI=1S/C24H31ClN10O2/c1-2-17(32-23(28)29)37-16-11-10-13(14-8-3-4-9-15(14)16)7-5-6-12-31-24(30)35-22(36)18-20(26)34-21(27)19(25)33-18/h3-4,8-11,17H,2,5-7,12H2,1H3,(H4,26,27,34)(H4,28,29,32)(H3,30,31,35,36). The molecule has 1 unspecified atom stereocenters. The van der Waals surface area contributed by atoms with Crippen LogP contribution >= 0.6 is 11.6 Å². The molecule has 0 aliphatic heterocycles. The highest BCUT2D eigenvalue weighted by molar-refractivity contribution is 6.31. The molecule has 1 atom stereocenters. The molecular formula is C24H31ClN10O2. The van der Waals surface area contributed by atoms with Crippen LogP contribution < -0.4 is 37.9 Å². The summed E-state index contributed by atoms with van der Waals surface area (Å²) in [5.41, 5.74) is 17.6. The Kier molecular flexibility index (Phi) is 9.27. The van der Waals surface area contributed by atoms with Crippen LogP contribution in [0.25, 0.3) is 10.8 Å². The molecule has 37 heavy (non-hydrogen) atoms. The Hall–Kier alpha value is -4.32. The van der Waals surface area contributed by atoms with Crippen molar-refractivity contribution in [2.75, 3.05) is 18.0 Å². The number of amides is 1. The van der Waals surface area contributed by atoms with Gasteiger partial charge < -0.3 is 32.6 Å². The van der Waals surface area contributed by atoms with Crippen LogP contribution in [0.4, 0.5) is 11.6 Å². The molecule has 11 N–H and O–H groups in total. The van der Waals surface area contributed by atoms with E-state index in [-0.39, 0.29) is 34.4 Å². The number of nitrogens with two attached hydrogens (primary N) is 3. The number of carbonyl (C=O) groups excluding carboxylic acids is 1. The third-order valence-electron chi connectivity index (χ3n) is 5.46. The third-order valence-corrected chi connectivity index (χ3v) is 5.74. The van der Waals surface area contributed by atoms with Crippen LogP contribution in [0, 0.1) is 10.8 Å². The SMILES string of the molecule is CCC(NC(=N)N)Oc1ccc(CCCCNC(=N)NC(=O)c2nc(Cl)c(N)nc2N)c2ccccc12. The number of nitrogen functional groups attached to an aromatic ring is 2. The lowest BCUT2D eigenvalue weighted by atomic mass is 9.99. The number of benzene rings is 2. The molecule has 1 amide bonds. The molecule has 0 spiro atoms. The van der Waals surface area contributed by atoms with Crippen molar-refractivity contribution in [2.45, 2.75) is 38.8 Å². The van der Waals surface area contributed by atoms with Crippen LogP contribution in [-0.4, -0.2) is 40.6 Å². The second-order valence-electron chi connectivity index (χ2n) is 8.19. The molecule has 0 fully saturated rings. The first kappa shape index (κ1) is 27.3. The number of ether oxygens (including phenoxy) is 1. The lowest BCUT2D eigenvalue weighted by Gasteiger charge is -2.20. The zero-order valence-corrected chi connectivity index (χ0v) is 21.2. The Morgan fingerprint density at radius 2 is 1.81 bits per heavy atom. The lowest BCUT2D eigenvalue weighted by molar-refractivity contribution is 0.0971. The van der Waals surface area contributed by atoms with Crippen molar-refractivity contribution < 1.29 is 9.53 Å². The number of nitrogens with one attached hydrogen (secondary N) is 5. The minimum atomic E-state index is -0.706. The summed E-state index contributed by atoms with van der Waals surface area (Å²) in [6, 6.07) is 12.0. The predicted molar refractivity (Wildman–Crippen MR) is 146 cm³/mol. The molecule has 3 rings (SSSR count). The summed E-state index contributed by atoms with van der Waals surface area (Å²) in [5, 5.41) is 25.4. The average Bonchev–Trinajstić information content (AvgIpc) is 2.86. The molecule has 1 heterocycles. The summed E-state index contributed by atoms with van der Waals surface area (Å²) in [6.07, 6.45) is 2.69. The maximum atomic E-state index is 12.3. The van der Waals surface area contributed by atoms with Gasteiger partial charge in [0, 0.05) is 18.4 Å². The van der Waals surface area contributed by atoms with Crippen LogP contribution in [0.1, 0.15) is 42.2 Å². The van der Waals surface area contributed by atoms with Gasteiger partial charge in [-0.1, -0.05) is 48.9 Å². The summed E-state index contributed by atoms with van der Waals surface area (Å²) in [7, 11) is 0. The van der Waals surface area contributed by atoms with Gasteiger partial charge in [-0.3, -0.25) is 20.9 Å². The topological polar surface area (TPSA) is 214 Å². The van der Waals surface area contributed by atoms with Crippen LogP contribution in [0.3, 0.4) is 0 Å². The molecule has 12 nitrogen and oxygen atoms in total. The van der Waals surface area contributed by atoms with Crippen LogP contribution in [0.2, 0.25) is 5.15 Å². The molecule has 3 aromatic rings. The van der Waals surface area contributed by atoms with Crippen molar-refractivity contribution in [3.63, 3.8) is 0 Å². The third kappa shape index (κ3) is 7.34. The molecule has 0 radical (unpaired) electrons. The van der Waals surface area contributed by atoms with Gasteiger partial charge in [0.25, 0.3) is 5.91 Å². The first-order chi connectivity index (χ1) is 17.7. The second kappa shape index (κ2) is 12.6. The van der Waals surface area contributed by atoms with Crippen molar-refractivity contribution in [3.8, 4) is 5.75 Å². The summed E-state index contributed by atoms with van der Waals surface area (Å²) in [5.74, 6) is -0.553. The first-order valence-corrected chi connectivity index (χ1v) is 12.1. The minimum absolute atomic E-state index is 0.0750. The first-order valence-electron chi connectivity index (χ1n) is 11.7. The van der Waals surface area contributed by atoms with Crippen molar-refractivity contribution >= 4 is 51.8 Å². The van der Waals surface area contributed by atoms with E-state index < -0.39 is 12.1 Å². The molecule has 0 saturated carbocycles. The number of rotatable bonds is 10. The summed E-state index contributed by atoms with van der Waals surface area (Å²) < 4.78 is 6.07. The second-order valence-corrected chi connectivity index (χ2v) is 8.55. The number of anilines is 2. The average molecular weight is 527 g/mol. The fraction of sp³-hybridized carbons (Fsp3) is 0.292. The summed E-state index contributed by atoms with van der Waals surface area (Å²) >= 11 is 5.80. The van der Waals surface area contributed by atoms with Gasteiger partial charge in [0.15, 0.2) is 40.6 Å². The van der Waals surface area contributed by atoms with Gasteiger partial charge in [0.2, 0.25) is 0 Å². The van der Waals surface area contributed by atoms with Crippen molar-refractivity contribution in [3.05, 3.63) is 52.8 Å². The molecule has 2 aromatic carbocycles. The number of aryl methyl sites for hydroxylation is 1. The number of unbranched alkanes of at least 4 members (excludes halogenated alkanes) is 1. The van der Waals surface area contributed by atoms with Crippen LogP contribution in [-0.2, 0) is 6.42 Å². The van der Waals surface area contributed by atoms with Crippen molar-refractivity contribution in [1.82, 2.24) is 25.9 Å². The Balaban J connectivity index is 1.52. The number of aromatic nitrogens is 2. The molecule has 13 heteroatoms. The summed E-state index contributed by atoms with van der Waals surface area (Å²) in [4.78, 5) is 19.9. The van der Waals surface area contributed by atoms with E-state index in [0.717, 1.165) is 35.8 Å². The van der Waals surface area contributed by atoms with Gasteiger partial charge in [-0.15, -0.1) is 0 Å². The lowest BCUT2D eigenvalue weighted by Crippen LogP contribution is -2.42. The normalized spacial score (nSPS) is 11.5. The molecule has 0 aliphatic rings. The van der Waals surface area contributed by atoms with E-state index in [2.05, 4.69) is 32.0 Å². The van der Waals surface area contributed by atoms with Gasteiger partial charge >= 0.3 is 0 Å². The largest absolute Gasteiger partial charge is 0.470 e. The highest BCUT2D eigenvalue weighted by atomic mass is 35.5. The van der Waals surface area contributed by atoms with E-state index >= 15 is 0 Å². The Morgan fingerprint density at radius 1 is 1.08 bits per heavy atom. The van der Waals surface area contributed by atoms with Gasteiger partial charge in [0.05, 0.1) is 0 Å². The fourth-order valence-corrected chi connectivity index (χ4v) is 3.80. The highest BCUT2D eigenvalue weighted by Gasteiger charge is 2.17. The van der Waals surface area contributed by atoms with Gasteiger partial charge in [-0.05, 0) is 36.3 Å². The molecule has 0 saturated heterocycles. The number of nitrogens with zero attached hydrogens (tertiary/aromatic N) is 2. The number of hydrogen-bond donors (Lipinski definition) is 8. The molecule has 0 bridgehead atoms. The van der Waals surface area contributed by atoms with Crippen molar-refractivity contribution in [2.24, 2.45) is 5.73 Å². The number of halogens is 1. The maximum absolute atomic E-state index is 12.3. The number of hydrogen-bond acceptors (Lipinski definition) is 8. The zero-order chi connectivity index (χ0) is 26.9. The number of fused-ring (bicyclic) bond motifs is 1. The predicted octanol–water partition coefficient (Wildman–Crippen LogP) is 2.32. The number of carbonyl (C=O) groups is 1. The van der Waals surface area contributed by atoms with Gasteiger partial charge in [0.1, 0.15) is 5.75 Å². The van der Waals surface area contributed by atoms with E-state index in [1.54, 1.807) is 0 Å². The van der Waals surface area contributed by atoms with E-state index in [1.165, 1.54) is 5.56 Å². The van der Waals surface area contributed by atoms with E-state index in [1.807, 2.05) is 37.3 Å². The monoisotopic (exact) mass is 526 g/mol. The Morgan fingerprint density at radius 3 is 2.51 bits per heavy atom. The minimum Gasteiger partial charge on any atom is -0.470 e. The fourth-order valence-electron chi connectivity index (χ4n) is 3.68. The van der Waals surface area contributed by atoms with E-state index in [4.69, 9.17) is 44.4 Å². The molecule has 0 aliphatic carbocycles. The van der Waals surface area contributed by atoms with E-state index in [0.29, 0.717) is 13.0 Å². The van der Waals surface area contributed by atoms with Crippen LogP contribution in [0.5, 0.6) is 5.75 Å². The summed E-state index contributed by atoms with van der Waals surface area (Å²) in [6.45, 7) is 2.43. The molecule has 196 valence electrons. The van der Waals surface area contributed by atoms with Crippen molar-refractivity contribution in [1.29, 1.82) is 10.8 Å². The Bertz CT molecular complexity index is 1300. The zero-order valence-electron chi connectivity index (χ0n) is 20.4. The van der Waals surface area contributed by atoms with E-state index in [9.17, 15) is 4.79 Å². The molecule has 1 aromatic heterocycles. The quantitative estimate of drug-likeness (QED) is 0.0840. The highest BCUT2D eigenvalue weighted by Crippen LogP contribution is 2.30. The molecular weight excluding hydrogens is 496 g/mol. The maximum Gasteiger partial charge on any atom is 0.280 e. The van der Waals surface area contributed by atoms with Gasteiger partial charge in [-0.2, -0.15) is 0 Å². The smallest absolute Gasteiger partial charge is 0.280 e.